The molecule has 1 unspecified atom stereocenters. The van der Waals surface area contributed by atoms with E-state index in [1.807, 2.05) is 19.1 Å². The summed E-state index contributed by atoms with van der Waals surface area (Å²) >= 11 is 0. The first-order chi connectivity index (χ1) is 16.0. The van der Waals surface area contributed by atoms with Gasteiger partial charge in [0.1, 0.15) is 11.6 Å². The van der Waals surface area contributed by atoms with Crippen LogP contribution in [-0.4, -0.2) is 42.2 Å². The van der Waals surface area contributed by atoms with Gasteiger partial charge < -0.3 is 30.6 Å². The second-order valence-corrected chi connectivity index (χ2v) is 7.34. The number of carbonyl (C=O) groups excluding carboxylic acids is 3. The number of anilines is 1. The number of carboxylic acid groups (broad SMARTS) is 1. The molecule has 0 fully saturated rings. The monoisotopic (exact) mass is 504 g/mol. The second-order valence-electron chi connectivity index (χ2n) is 7.34. The third-order valence-electron chi connectivity index (χ3n) is 4.47. The predicted molar refractivity (Wildman–Crippen MR) is 113 cm³/mol. The normalized spacial score (nSPS) is 11.5. The minimum atomic E-state index is -4.87. The first kappa shape index (κ1) is 30.2. The van der Waals surface area contributed by atoms with E-state index < -0.39 is 43.0 Å². The van der Waals surface area contributed by atoms with Crippen LogP contribution in [0.25, 0.3) is 0 Å². The third-order valence-corrected chi connectivity index (χ3v) is 4.47. The van der Waals surface area contributed by atoms with E-state index in [9.17, 15) is 32.7 Å². The molecule has 1 aromatic heterocycles. The number of hydrogen-bond donors (Lipinski definition) is 3. The minimum Gasteiger partial charge on any atom is -0.550 e. The molecular formula is C22H24F3N4NaO5. The largest absolute Gasteiger partial charge is 1.00 e. The molecule has 184 valence electrons. The van der Waals surface area contributed by atoms with Crippen LogP contribution in [0.15, 0.2) is 42.6 Å². The van der Waals surface area contributed by atoms with Gasteiger partial charge in [-0.2, -0.15) is 0 Å². The van der Waals surface area contributed by atoms with Crippen LogP contribution in [0.3, 0.4) is 0 Å². The third kappa shape index (κ3) is 12.4. The first-order valence-corrected chi connectivity index (χ1v) is 10.3. The summed E-state index contributed by atoms with van der Waals surface area (Å²) in [6.45, 7) is 2.03. The minimum absolute atomic E-state index is 0. The summed E-state index contributed by atoms with van der Waals surface area (Å²) in [5.41, 5.74) is 1.28. The van der Waals surface area contributed by atoms with Crippen LogP contribution >= 0.6 is 0 Å². The van der Waals surface area contributed by atoms with Crippen LogP contribution in [0.4, 0.5) is 19.0 Å². The quantitative estimate of drug-likeness (QED) is 0.239. The van der Waals surface area contributed by atoms with Crippen molar-refractivity contribution in [2.75, 3.05) is 18.4 Å². The fourth-order valence-corrected chi connectivity index (χ4v) is 2.93. The summed E-state index contributed by atoms with van der Waals surface area (Å²) in [6, 6.07) is 7.05. The van der Waals surface area contributed by atoms with Gasteiger partial charge in [-0.25, -0.2) is 4.98 Å². The van der Waals surface area contributed by atoms with Crippen molar-refractivity contribution in [3.05, 3.63) is 53.7 Å². The molecule has 2 rings (SSSR count). The molecule has 0 saturated heterocycles. The SMILES string of the molecule is Cc1ccnc(NCCCC(=O)NCC(=O)NC(CC(=O)[O-])c2ccc(OC(F)(F)F)cc2)c1.[Na+]. The summed E-state index contributed by atoms with van der Waals surface area (Å²) in [5.74, 6) is -2.32. The Labute approximate surface area is 222 Å². The first-order valence-electron chi connectivity index (χ1n) is 10.3. The van der Waals surface area contributed by atoms with E-state index in [1.165, 1.54) is 12.1 Å². The topological polar surface area (TPSA) is 132 Å². The van der Waals surface area contributed by atoms with Gasteiger partial charge in [0.25, 0.3) is 0 Å². The molecule has 35 heavy (non-hydrogen) atoms. The number of ether oxygens (including phenoxy) is 1. The average Bonchev–Trinajstić information content (AvgIpc) is 2.74. The number of hydrogen-bond acceptors (Lipinski definition) is 7. The number of amides is 2. The Morgan fingerprint density at radius 1 is 1.11 bits per heavy atom. The second kappa shape index (κ2) is 14.5. The van der Waals surface area contributed by atoms with Gasteiger partial charge in [0, 0.05) is 31.6 Å². The van der Waals surface area contributed by atoms with Gasteiger partial charge in [0.2, 0.25) is 11.8 Å². The number of nitrogens with one attached hydrogen (secondary N) is 3. The molecule has 3 N–H and O–H groups in total. The van der Waals surface area contributed by atoms with Crippen LogP contribution in [0.5, 0.6) is 5.75 Å². The van der Waals surface area contributed by atoms with E-state index in [-0.39, 0.29) is 47.4 Å². The van der Waals surface area contributed by atoms with E-state index in [0.29, 0.717) is 18.8 Å². The van der Waals surface area contributed by atoms with Gasteiger partial charge in [-0.1, -0.05) is 12.1 Å². The molecule has 1 aromatic carbocycles. The molecule has 0 radical (unpaired) electrons. The zero-order chi connectivity index (χ0) is 25.1. The van der Waals surface area contributed by atoms with E-state index in [2.05, 4.69) is 25.7 Å². The van der Waals surface area contributed by atoms with Crippen molar-refractivity contribution in [2.24, 2.45) is 0 Å². The number of carbonyl (C=O) groups is 3. The molecule has 2 amide bonds. The predicted octanol–water partition coefficient (Wildman–Crippen LogP) is -1.40. The van der Waals surface area contributed by atoms with Crippen LogP contribution < -0.4 is 55.4 Å². The van der Waals surface area contributed by atoms with Crippen molar-refractivity contribution >= 4 is 23.6 Å². The maximum atomic E-state index is 12.3. The van der Waals surface area contributed by atoms with Crippen molar-refractivity contribution in [3.63, 3.8) is 0 Å². The molecule has 0 aliphatic heterocycles. The van der Waals surface area contributed by atoms with Gasteiger partial charge >= 0.3 is 35.9 Å². The van der Waals surface area contributed by atoms with Crippen molar-refractivity contribution in [3.8, 4) is 5.75 Å². The number of aryl methyl sites for hydroxylation is 1. The Hall–Kier alpha value is -2.83. The van der Waals surface area contributed by atoms with Gasteiger partial charge in [-0.05, 0) is 48.7 Å². The number of pyridine rings is 1. The van der Waals surface area contributed by atoms with Gasteiger partial charge in [0.05, 0.1) is 12.6 Å². The van der Waals surface area contributed by atoms with Crippen molar-refractivity contribution in [1.82, 2.24) is 15.6 Å². The Bertz CT molecular complexity index is 990. The number of alkyl halides is 3. The number of aromatic nitrogens is 1. The maximum absolute atomic E-state index is 12.3. The molecule has 1 atom stereocenters. The van der Waals surface area contributed by atoms with Crippen LogP contribution in [0, 0.1) is 6.92 Å². The van der Waals surface area contributed by atoms with E-state index in [0.717, 1.165) is 17.7 Å². The van der Waals surface area contributed by atoms with E-state index in [1.54, 1.807) is 6.20 Å². The number of benzene rings is 1. The van der Waals surface area contributed by atoms with E-state index in [4.69, 9.17) is 0 Å². The Morgan fingerprint density at radius 2 is 1.80 bits per heavy atom. The number of nitrogens with zero attached hydrogens (tertiary/aromatic N) is 1. The fourth-order valence-electron chi connectivity index (χ4n) is 2.93. The van der Waals surface area contributed by atoms with Gasteiger partial charge in [0.15, 0.2) is 0 Å². The molecule has 0 spiro atoms. The van der Waals surface area contributed by atoms with Crippen molar-refractivity contribution in [2.45, 2.75) is 38.6 Å². The van der Waals surface area contributed by atoms with E-state index >= 15 is 0 Å². The maximum Gasteiger partial charge on any atom is 1.00 e. The summed E-state index contributed by atoms with van der Waals surface area (Å²) in [5, 5.41) is 19.0. The summed E-state index contributed by atoms with van der Waals surface area (Å²) < 4.78 is 40.6. The molecular weight excluding hydrogens is 480 g/mol. The molecule has 0 aliphatic carbocycles. The summed E-state index contributed by atoms with van der Waals surface area (Å²) in [7, 11) is 0. The van der Waals surface area contributed by atoms with Crippen LogP contribution in [0.2, 0.25) is 0 Å². The Morgan fingerprint density at radius 3 is 2.40 bits per heavy atom. The van der Waals surface area contributed by atoms with Crippen LogP contribution in [-0.2, 0) is 14.4 Å². The fraction of sp³-hybridized carbons (Fsp3) is 0.364. The Kier molecular flexibility index (Phi) is 12.5. The number of rotatable bonds is 12. The molecule has 9 nitrogen and oxygen atoms in total. The standard InChI is InChI=1S/C22H25F3N4O5.Na/c1-14-8-10-27-18(11-14)26-9-2-3-19(30)28-13-20(31)29-17(12-21(32)33)15-4-6-16(7-5-15)34-22(23,24)25;/h4-8,10-11,17H,2-3,9,12-13H2,1H3,(H,26,27)(H,28,30)(H,29,31)(H,32,33);/q;+1/p-1. The number of halogens is 3. The van der Waals surface area contributed by atoms with Crippen molar-refractivity contribution in [1.29, 1.82) is 0 Å². The summed E-state index contributed by atoms with van der Waals surface area (Å²) in [6.07, 6.45) is -3.18. The number of carboxylic acids is 1. The molecule has 0 saturated carbocycles. The Balaban J connectivity index is 0.00000612. The average molecular weight is 504 g/mol. The molecule has 0 aliphatic rings. The van der Waals surface area contributed by atoms with Crippen LogP contribution in [0.1, 0.15) is 36.4 Å². The number of aliphatic carboxylic acids is 1. The zero-order valence-electron chi connectivity index (χ0n) is 19.3. The van der Waals surface area contributed by atoms with Crippen molar-refractivity contribution < 1.29 is 67.0 Å². The smallest absolute Gasteiger partial charge is 0.550 e. The molecule has 13 heteroatoms. The molecule has 1 heterocycles. The van der Waals surface area contributed by atoms with Gasteiger partial charge in [-0.15, -0.1) is 13.2 Å². The molecule has 0 bridgehead atoms. The molecule has 2 aromatic rings. The van der Waals surface area contributed by atoms with Gasteiger partial charge in [-0.3, -0.25) is 9.59 Å². The summed E-state index contributed by atoms with van der Waals surface area (Å²) in [4.78, 5) is 39.3. The zero-order valence-corrected chi connectivity index (χ0v) is 21.3.